The van der Waals surface area contributed by atoms with Crippen LogP contribution in [0.2, 0.25) is 0 Å². The van der Waals surface area contributed by atoms with Crippen LogP contribution >= 0.6 is 0 Å². The molecule has 0 saturated heterocycles. The average Bonchev–Trinajstić information content (AvgIpc) is 2.69. The predicted octanol–water partition coefficient (Wildman–Crippen LogP) is -0.819. The van der Waals surface area contributed by atoms with Gasteiger partial charge in [-0.1, -0.05) is 18.2 Å². The summed E-state index contributed by atoms with van der Waals surface area (Å²) in [6, 6.07) is 10.2. The summed E-state index contributed by atoms with van der Waals surface area (Å²) in [7, 11) is 0. The summed E-state index contributed by atoms with van der Waals surface area (Å²) in [5.41, 5.74) is 1.16. The normalized spacial score (nSPS) is 14.9. The maximum Gasteiger partial charge on any atom is 0.262 e. The zero-order valence-electron chi connectivity index (χ0n) is 7.51. The van der Waals surface area contributed by atoms with E-state index in [1.165, 1.54) is 5.84 Å². The van der Waals surface area contributed by atoms with Gasteiger partial charge in [0.15, 0.2) is 0 Å². The number of anilines is 1. The Morgan fingerprint density at radius 1 is 1.31 bits per heavy atom. The molecule has 3 N–H and O–H groups in total. The lowest BCUT2D eigenvalue weighted by Gasteiger charge is -2.02. The van der Waals surface area contributed by atoms with E-state index in [0.29, 0.717) is 0 Å². The molecule has 3 nitrogen and oxygen atoms in total. The van der Waals surface area contributed by atoms with Crippen LogP contribution in [0.5, 0.6) is 0 Å². The van der Waals surface area contributed by atoms with Crippen molar-refractivity contribution < 1.29 is 4.99 Å². The SMILES string of the molecule is c1ccc(NCC2=[NH+]CCN2)cc1. The second kappa shape index (κ2) is 3.94. The highest BCUT2D eigenvalue weighted by molar-refractivity contribution is 5.81. The first kappa shape index (κ1) is 8.10. The zero-order valence-corrected chi connectivity index (χ0v) is 7.51. The highest BCUT2D eigenvalue weighted by Crippen LogP contribution is 2.03. The Balaban J connectivity index is 1.86. The number of hydrogen-bond acceptors (Lipinski definition) is 2. The summed E-state index contributed by atoms with van der Waals surface area (Å²) in [6.07, 6.45) is 0. The fourth-order valence-corrected chi connectivity index (χ4v) is 1.36. The van der Waals surface area contributed by atoms with Crippen molar-refractivity contribution >= 4 is 11.5 Å². The molecule has 13 heavy (non-hydrogen) atoms. The van der Waals surface area contributed by atoms with Gasteiger partial charge in [-0.15, -0.1) is 0 Å². The van der Waals surface area contributed by atoms with Gasteiger partial charge in [-0.25, -0.2) is 0 Å². The Bertz CT molecular complexity index is 292. The maximum atomic E-state index is 3.32. The Morgan fingerprint density at radius 3 is 2.85 bits per heavy atom. The third kappa shape index (κ3) is 2.21. The number of amidine groups is 1. The van der Waals surface area contributed by atoms with E-state index in [9.17, 15) is 0 Å². The van der Waals surface area contributed by atoms with E-state index in [0.717, 1.165) is 25.3 Å². The van der Waals surface area contributed by atoms with E-state index in [-0.39, 0.29) is 0 Å². The van der Waals surface area contributed by atoms with E-state index < -0.39 is 0 Å². The van der Waals surface area contributed by atoms with Gasteiger partial charge in [0.25, 0.3) is 5.84 Å². The monoisotopic (exact) mass is 176 g/mol. The van der Waals surface area contributed by atoms with Gasteiger partial charge < -0.3 is 5.32 Å². The van der Waals surface area contributed by atoms with Gasteiger partial charge >= 0.3 is 0 Å². The summed E-state index contributed by atoms with van der Waals surface area (Å²) in [5, 5.41) is 6.59. The molecular weight excluding hydrogens is 162 g/mol. The molecule has 0 radical (unpaired) electrons. The first-order valence-electron chi connectivity index (χ1n) is 4.57. The second-order valence-corrected chi connectivity index (χ2v) is 3.05. The molecule has 68 valence electrons. The summed E-state index contributed by atoms with van der Waals surface area (Å²) in [5.74, 6) is 1.18. The fraction of sp³-hybridized carbons (Fsp3) is 0.300. The Morgan fingerprint density at radius 2 is 2.15 bits per heavy atom. The van der Waals surface area contributed by atoms with E-state index in [2.05, 4.69) is 27.8 Å². The first-order valence-corrected chi connectivity index (χ1v) is 4.57. The molecule has 0 bridgehead atoms. The minimum atomic E-state index is 0.851. The molecule has 1 aliphatic rings. The van der Waals surface area contributed by atoms with Crippen LogP contribution in [0.15, 0.2) is 30.3 Å². The highest BCUT2D eigenvalue weighted by Gasteiger charge is 2.10. The lowest BCUT2D eigenvalue weighted by atomic mass is 10.3. The molecule has 0 fully saturated rings. The third-order valence-electron chi connectivity index (χ3n) is 2.04. The van der Waals surface area contributed by atoms with Gasteiger partial charge in [-0.2, -0.15) is 0 Å². The number of hydrogen-bond donors (Lipinski definition) is 3. The lowest BCUT2D eigenvalue weighted by Crippen LogP contribution is -2.71. The average molecular weight is 176 g/mol. The quantitative estimate of drug-likeness (QED) is 0.563. The molecule has 0 saturated carbocycles. The molecular formula is C10H14N3+. The largest absolute Gasteiger partial charge is 0.374 e. The van der Waals surface area contributed by atoms with Crippen LogP contribution in [0.25, 0.3) is 0 Å². The third-order valence-corrected chi connectivity index (χ3v) is 2.04. The van der Waals surface area contributed by atoms with Crippen LogP contribution in [0.1, 0.15) is 0 Å². The molecule has 0 amide bonds. The second-order valence-electron chi connectivity index (χ2n) is 3.05. The summed E-state index contributed by atoms with van der Waals surface area (Å²) in [4.78, 5) is 3.27. The van der Waals surface area contributed by atoms with Gasteiger partial charge in [0.1, 0.15) is 19.6 Å². The lowest BCUT2D eigenvalue weighted by molar-refractivity contribution is -0.445. The Kier molecular flexibility index (Phi) is 2.45. The standard InChI is InChI=1S/C10H13N3/c1-2-4-9(5-3-1)13-8-10-11-6-7-12-10/h1-5,13H,6-8H2,(H,11,12)/p+1. The molecule has 2 rings (SSSR count). The molecule has 1 aliphatic heterocycles. The van der Waals surface area contributed by atoms with Crippen LogP contribution in [-0.4, -0.2) is 25.5 Å². The Labute approximate surface area is 77.9 Å². The zero-order chi connectivity index (χ0) is 8.93. The molecule has 1 heterocycles. The summed E-state index contributed by atoms with van der Waals surface area (Å²) in [6.45, 7) is 2.92. The van der Waals surface area contributed by atoms with Gasteiger partial charge in [0.05, 0.1) is 0 Å². The van der Waals surface area contributed by atoms with E-state index in [1.807, 2.05) is 18.2 Å². The molecule has 3 heteroatoms. The van der Waals surface area contributed by atoms with Crippen LogP contribution < -0.4 is 15.6 Å². The van der Waals surface area contributed by atoms with Crippen molar-refractivity contribution in [2.24, 2.45) is 0 Å². The van der Waals surface area contributed by atoms with Gasteiger partial charge in [-0.05, 0) is 12.1 Å². The van der Waals surface area contributed by atoms with Crippen molar-refractivity contribution in [1.82, 2.24) is 5.32 Å². The number of benzene rings is 1. The van der Waals surface area contributed by atoms with Gasteiger partial charge in [0, 0.05) is 5.69 Å². The predicted molar refractivity (Wildman–Crippen MR) is 53.8 cm³/mol. The molecule has 0 spiro atoms. The van der Waals surface area contributed by atoms with E-state index in [4.69, 9.17) is 0 Å². The summed E-state index contributed by atoms with van der Waals surface area (Å²) >= 11 is 0. The van der Waals surface area contributed by atoms with Crippen molar-refractivity contribution in [1.29, 1.82) is 0 Å². The van der Waals surface area contributed by atoms with Crippen molar-refractivity contribution in [2.75, 3.05) is 25.0 Å². The summed E-state index contributed by atoms with van der Waals surface area (Å²) < 4.78 is 0. The van der Waals surface area contributed by atoms with Crippen molar-refractivity contribution in [3.05, 3.63) is 30.3 Å². The maximum absolute atomic E-state index is 3.32. The fourth-order valence-electron chi connectivity index (χ4n) is 1.36. The first-order chi connectivity index (χ1) is 6.45. The molecule has 0 aliphatic carbocycles. The number of rotatable bonds is 3. The van der Waals surface area contributed by atoms with Crippen molar-refractivity contribution in [2.45, 2.75) is 0 Å². The van der Waals surface area contributed by atoms with Crippen LogP contribution in [0.3, 0.4) is 0 Å². The van der Waals surface area contributed by atoms with E-state index >= 15 is 0 Å². The topological polar surface area (TPSA) is 38.0 Å². The minimum Gasteiger partial charge on any atom is -0.374 e. The molecule has 0 atom stereocenters. The van der Waals surface area contributed by atoms with Crippen LogP contribution in [0.4, 0.5) is 5.69 Å². The Hall–Kier alpha value is -1.51. The van der Waals surface area contributed by atoms with Gasteiger partial charge in [0.2, 0.25) is 0 Å². The number of para-hydroxylation sites is 1. The van der Waals surface area contributed by atoms with Crippen LogP contribution in [-0.2, 0) is 0 Å². The van der Waals surface area contributed by atoms with E-state index in [1.54, 1.807) is 0 Å². The molecule has 0 aromatic heterocycles. The molecule has 1 aromatic rings. The van der Waals surface area contributed by atoms with Crippen LogP contribution in [0, 0.1) is 0 Å². The van der Waals surface area contributed by atoms with Gasteiger partial charge in [-0.3, -0.25) is 10.3 Å². The molecule has 0 unspecified atom stereocenters. The van der Waals surface area contributed by atoms with Crippen molar-refractivity contribution in [3.8, 4) is 0 Å². The smallest absolute Gasteiger partial charge is 0.262 e. The minimum absolute atomic E-state index is 0.851. The van der Waals surface area contributed by atoms with Crippen molar-refractivity contribution in [3.63, 3.8) is 0 Å². The highest BCUT2D eigenvalue weighted by atomic mass is 15.1. The number of nitrogens with one attached hydrogen (secondary N) is 3. The molecule has 1 aromatic carbocycles.